The zero-order chi connectivity index (χ0) is 15.9. The number of amides is 2. The molecule has 2 amide bonds. The number of rotatable bonds is 5. The zero-order valence-corrected chi connectivity index (χ0v) is 13.2. The van der Waals surface area contributed by atoms with Crippen molar-refractivity contribution in [2.75, 3.05) is 11.9 Å². The predicted molar refractivity (Wildman–Crippen MR) is 89.0 cm³/mol. The van der Waals surface area contributed by atoms with E-state index in [2.05, 4.69) is 15.6 Å². The van der Waals surface area contributed by atoms with Crippen LogP contribution < -0.4 is 10.6 Å². The molecule has 22 heavy (non-hydrogen) atoms. The highest BCUT2D eigenvalue weighted by atomic mass is 32.1. The molecular formula is C16H17N3O2S. The number of nitrogens with one attached hydrogen (secondary N) is 2. The van der Waals surface area contributed by atoms with Gasteiger partial charge in [0, 0.05) is 29.3 Å². The van der Waals surface area contributed by atoms with Crippen LogP contribution in [0.2, 0.25) is 0 Å². The summed E-state index contributed by atoms with van der Waals surface area (Å²) in [7, 11) is 0. The van der Waals surface area contributed by atoms with Crippen LogP contribution in [0, 0.1) is 6.92 Å². The first-order valence-electron chi connectivity index (χ1n) is 6.88. The summed E-state index contributed by atoms with van der Waals surface area (Å²) in [6.07, 6.45) is 3.11. The molecule has 2 N–H and O–H groups in total. The highest BCUT2D eigenvalue weighted by Gasteiger charge is 2.04. The van der Waals surface area contributed by atoms with Gasteiger partial charge in [-0.2, -0.15) is 0 Å². The normalized spacial score (nSPS) is 10.6. The van der Waals surface area contributed by atoms with Gasteiger partial charge in [-0.05, 0) is 44.2 Å². The minimum absolute atomic E-state index is 0.126. The third kappa shape index (κ3) is 4.53. The topological polar surface area (TPSA) is 71.1 Å². The first kappa shape index (κ1) is 15.9. The van der Waals surface area contributed by atoms with E-state index in [0.29, 0.717) is 17.8 Å². The molecule has 1 aromatic carbocycles. The molecule has 1 aromatic heterocycles. The number of carbonyl (C=O) groups is 2. The summed E-state index contributed by atoms with van der Waals surface area (Å²) in [5, 5.41) is 8.30. The Balaban J connectivity index is 1.94. The lowest BCUT2D eigenvalue weighted by Crippen LogP contribution is -2.22. The number of hydrogen-bond donors (Lipinski definition) is 2. The second-order valence-corrected chi connectivity index (χ2v) is 5.61. The van der Waals surface area contributed by atoms with Gasteiger partial charge in [0.2, 0.25) is 5.91 Å². The fourth-order valence-electron chi connectivity index (χ4n) is 1.77. The van der Waals surface area contributed by atoms with Gasteiger partial charge in [0.1, 0.15) is 0 Å². The maximum Gasteiger partial charge on any atom is 0.251 e. The first-order chi connectivity index (χ1) is 10.6. The Bertz CT molecular complexity index is 690. The maximum absolute atomic E-state index is 11.8. The van der Waals surface area contributed by atoms with Crippen LogP contribution in [-0.4, -0.2) is 23.3 Å². The summed E-state index contributed by atoms with van der Waals surface area (Å²) in [5.74, 6) is -0.365. The molecule has 6 heteroatoms. The molecule has 2 rings (SSSR count). The Hall–Kier alpha value is -2.47. The van der Waals surface area contributed by atoms with Gasteiger partial charge in [-0.1, -0.05) is 0 Å². The average Bonchev–Trinajstić information content (AvgIpc) is 2.92. The highest BCUT2D eigenvalue weighted by molar-refractivity contribution is 7.09. The van der Waals surface area contributed by atoms with E-state index >= 15 is 0 Å². The summed E-state index contributed by atoms with van der Waals surface area (Å²) >= 11 is 1.54. The van der Waals surface area contributed by atoms with Crippen molar-refractivity contribution in [2.45, 2.75) is 13.8 Å². The van der Waals surface area contributed by atoms with Crippen molar-refractivity contribution in [1.29, 1.82) is 0 Å². The number of anilines is 1. The molecule has 0 saturated carbocycles. The second kappa shape index (κ2) is 7.51. The molecule has 0 aliphatic heterocycles. The SMILES string of the molecule is CCNC(=O)c1ccc(NC(=O)/C=C/c2csc(C)n2)cc1. The van der Waals surface area contributed by atoms with Gasteiger partial charge >= 0.3 is 0 Å². The Morgan fingerprint density at radius 2 is 2.00 bits per heavy atom. The van der Waals surface area contributed by atoms with Crippen LogP contribution in [0.15, 0.2) is 35.7 Å². The van der Waals surface area contributed by atoms with Crippen LogP contribution >= 0.6 is 11.3 Å². The molecule has 0 radical (unpaired) electrons. The quantitative estimate of drug-likeness (QED) is 0.834. The average molecular weight is 315 g/mol. The fourth-order valence-corrected chi connectivity index (χ4v) is 2.35. The number of thiazole rings is 1. The molecule has 114 valence electrons. The van der Waals surface area contributed by atoms with Crippen molar-refractivity contribution < 1.29 is 9.59 Å². The van der Waals surface area contributed by atoms with E-state index < -0.39 is 0 Å². The van der Waals surface area contributed by atoms with Gasteiger partial charge in [-0.25, -0.2) is 4.98 Å². The number of hydrogen-bond acceptors (Lipinski definition) is 4. The number of nitrogens with zero attached hydrogens (tertiary/aromatic N) is 1. The van der Waals surface area contributed by atoms with Gasteiger partial charge in [0.05, 0.1) is 10.7 Å². The number of aromatic nitrogens is 1. The number of carbonyl (C=O) groups excluding carboxylic acids is 2. The lowest BCUT2D eigenvalue weighted by atomic mass is 10.2. The zero-order valence-electron chi connectivity index (χ0n) is 12.4. The van der Waals surface area contributed by atoms with E-state index in [1.807, 2.05) is 19.2 Å². The smallest absolute Gasteiger partial charge is 0.251 e. The lowest BCUT2D eigenvalue weighted by molar-refractivity contribution is -0.111. The van der Waals surface area contributed by atoms with Crippen LogP contribution in [0.5, 0.6) is 0 Å². The van der Waals surface area contributed by atoms with E-state index in [0.717, 1.165) is 10.7 Å². The van der Waals surface area contributed by atoms with Crippen LogP contribution in [0.25, 0.3) is 6.08 Å². The summed E-state index contributed by atoms with van der Waals surface area (Å²) < 4.78 is 0. The summed E-state index contributed by atoms with van der Waals surface area (Å²) in [5.41, 5.74) is 1.97. The Labute approximate surface area is 133 Å². The monoisotopic (exact) mass is 315 g/mol. The molecule has 5 nitrogen and oxygen atoms in total. The largest absolute Gasteiger partial charge is 0.352 e. The Kier molecular flexibility index (Phi) is 5.43. The summed E-state index contributed by atoms with van der Waals surface area (Å²) in [6, 6.07) is 6.74. The fraction of sp³-hybridized carbons (Fsp3) is 0.188. The Morgan fingerprint density at radius 1 is 1.27 bits per heavy atom. The second-order valence-electron chi connectivity index (χ2n) is 4.55. The van der Waals surface area contributed by atoms with Gasteiger partial charge < -0.3 is 10.6 Å². The molecule has 2 aromatic rings. The molecule has 0 saturated heterocycles. The van der Waals surface area contributed by atoms with E-state index in [9.17, 15) is 9.59 Å². The molecule has 1 heterocycles. The van der Waals surface area contributed by atoms with Crippen molar-refractivity contribution >= 4 is 34.9 Å². The van der Waals surface area contributed by atoms with E-state index in [1.165, 1.54) is 17.4 Å². The number of benzene rings is 1. The maximum atomic E-state index is 11.8. The van der Waals surface area contributed by atoms with Gasteiger partial charge in [0.25, 0.3) is 5.91 Å². The minimum Gasteiger partial charge on any atom is -0.352 e. The summed E-state index contributed by atoms with van der Waals surface area (Å²) in [6.45, 7) is 4.36. The molecule has 0 aliphatic carbocycles. The molecule has 0 fully saturated rings. The molecule has 0 unspecified atom stereocenters. The van der Waals surface area contributed by atoms with E-state index in [-0.39, 0.29) is 11.8 Å². The molecule has 0 bridgehead atoms. The first-order valence-corrected chi connectivity index (χ1v) is 7.76. The van der Waals surface area contributed by atoms with Crippen LogP contribution in [0.4, 0.5) is 5.69 Å². The van der Waals surface area contributed by atoms with Gasteiger partial charge in [-0.15, -0.1) is 11.3 Å². The van der Waals surface area contributed by atoms with Gasteiger partial charge in [-0.3, -0.25) is 9.59 Å². The minimum atomic E-state index is -0.239. The predicted octanol–water partition coefficient (Wildman–Crippen LogP) is 2.85. The number of aryl methyl sites for hydroxylation is 1. The molecular weight excluding hydrogens is 298 g/mol. The standard InChI is InChI=1S/C16H17N3O2S/c1-3-17-16(21)12-4-6-13(7-5-12)19-15(20)9-8-14-10-22-11(2)18-14/h4-10H,3H2,1-2H3,(H,17,21)(H,19,20)/b9-8+. The Morgan fingerprint density at radius 3 is 2.59 bits per heavy atom. The summed E-state index contributed by atoms with van der Waals surface area (Å²) in [4.78, 5) is 27.7. The van der Waals surface area contributed by atoms with Crippen molar-refractivity contribution in [2.24, 2.45) is 0 Å². The van der Waals surface area contributed by atoms with Crippen LogP contribution in [0.3, 0.4) is 0 Å². The third-order valence-corrected chi connectivity index (χ3v) is 3.59. The molecule has 0 aliphatic rings. The van der Waals surface area contributed by atoms with Crippen molar-refractivity contribution in [3.63, 3.8) is 0 Å². The van der Waals surface area contributed by atoms with Crippen molar-refractivity contribution in [3.8, 4) is 0 Å². The van der Waals surface area contributed by atoms with Crippen LogP contribution in [-0.2, 0) is 4.79 Å². The van der Waals surface area contributed by atoms with Crippen molar-refractivity contribution in [3.05, 3.63) is 52.0 Å². The van der Waals surface area contributed by atoms with E-state index in [1.54, 1.807) is 30.3 Å². The van der Waals surface area contributed by atoms with Crippen LogP contribution in [0.1, 0.15) is 28.0 Å². The molecule has 0 atom stereocenters. The third-order valence-electron chi connectivity index (χ3n) is 2.79. The highest BCUT2D eigenvalue weighted by Crippen LogP contribution is 2.11. The van der Waals surface area contributed by atoms with E-state index in [4.69, 9.17) is 0 Å². The van der Waals surface area contributed by atoms with Gasteiger partial charge in [0.15, 0.2) is 0 Å². The van der Waals surface area contributed by atoms with Crippen molar-refractivity contribution in [1.82, 2.24) is 10.3 Å². The molecule has 0 spiro atoms. The lowest BCUT2D eigenvalue weighted by Gasteiger charge is -2.04.